The van der Waals surface area contributed by atoms with Crippen molar-refractivity contribution in [2.24, 2.45) is 0 Å². The number of anilines is 2. The molecule has 9 heteroatoms. The summed E-state index contributed by atoms with van der Waals surface area (Å²) in [6, 6.07) is 7.72. The van der Waals surface area contributed by atoms with Gasteiger partial charge in [-0.2, -0.15) is 0 Å². The van der Waals surface area contributed by atoms with Gasteiger partial charge in [0.1, 0.15) is 17.7 Å². The van der Waals surface area contributed by atoms with Gasteiger partial charge in [-0.05, 0) is 60.0 Å². The van der Waals surface area contributed by atoms with Gasteiger partial charge < -0.3 is 10.2 Å². The Labute approximate surface area is 142 Å². The zero-order chi connectivity index (χ0) is 17.4. The third-order valence-corrected chi connectivity index (χ3v) is 4.22. The highest BCUT2D eigenvalue weighted by Crippen LogP contribution is 2.26. The molecule has 4 rings (SSSR count). The second kappa shape index (κ2) is 6.08. The van der Waals surface area contributed by atoms with Gasteiger partial charge >= 0.3 is 0 Å². The van der Waals surface area contributed by atoms with Gasteiger partial charge in [-0.15, -0.1) is 14.8 Å². The summed E-state index contributed by atoms with van der Waals surface area (Å²) in [5.41, 5.74) is 1.74. The number of hydrogen-bond donors (Lipinski definition) is 1. The molecule has 8 nitrogen and oxygen atoms in total. The van der Waals surface area contributed by atoms with Crippen molar-refractivity contribution >= 4 is 23.1 Å². The molecule has 0 spiro atoms. The first-order chi connectivity index (χ1) is 12.1. The van der Waals surface area contributed by atoms with Crippen LogP contribution in [0.25, 0.3) is 5.65 Å². The molecule has 1 amide bonds. The number of piperidine rings is 1. The molecular formula is C16H16FN7O. The molecule has 0 aliphatic carbocycles. The smallest absolute Gasteiger partial charge is 0.249 e. The summed E-state index contributed by atoms with van der Waals surface area (Å²) in [7, 11) is 0. The Hall–Kier alpha value is -3.10. The zero-order valence-corrected chi connectivity index (χ0v) is 13.6. The molecule has 1 N–H and O–H groups in total. The molecule has 1 aliphatic rings. The summed E-state index contributed by atoms with van der Waals surface area (Å²) >= 11 is 0. The molecule has 0 radical (unpaired) electrons. The number of aromatic nitrogens is 5. The lowest BCUT2D eigenvalue weighted by atomic mass is 10.0. The number of fused-ring (bicyclic) bond motifs is 1. The molecule has 1 saturated heterocycles. The first kappa shape index (κ1) is 15.4. The summed E-state index contributed by atoms with van der Waals surface area (Å²) in [5, 5.41) is 18.4. The number of carbonyl (C=O) groups excluding carboxylic acids is 1. The first-order valence-electron chi connectivity index (χ1n) is 8.01. The standard InChI is InChI=1S/C16H16FN7O/c1-10-4-5-11(17)13(9-10)23-8-2-3-12(16(23)25)18-14-6-7-15-19-21-22-24(15)20-14/h4-7,9,12H,2-3,8H2,1H3,(H,18,20). The van der Waals surface area contributed by atoms with Crippen molar-refractivity contribution in [2.75, 3.05) is 16.8 Å². The average molecular weight is 341 g/mol. The summed E-state index contributed by atoms with van der Waals surface area (Å²) in [5.74, 6) is -0.0769. The van der Waals surface area contributed by atoms with Crippen LogP contribution in [0, 0.1) is 12.7 Å². The summed E-state index contributed by atoms with van der Waals surface area (Å²) < 4.78 is 15.5. The predicted molar refractivity (Wildman–Crippen MR) is 88.7 cm³/mol. The Morgan fingerprint density at radius 3 is 3.04 bits per heavy atom. The molecule has 1 fully saturated rings. The summed E-state index contributed by atoms with van der Waals surface area (Å²) in [6.45, 7) is 2.37. The molecule has 1 atom stereocenters. The summed E-state index contributed by atoms with van der Waals surface area (Å²) in [6.07, 6.45) is 1.42. The van der Waals surface area contributed by atoms with E-state index in [4.69, 9.17) is 0 Å². The van der Waals surface area contributed by atoms with Crippen LogP contribution in [0.3, 0.4) is 0 Å². The van der Waals surface area contributed by atoms with Crippen molar-refractivity contribution in [1.29, 1.82) is 0 Å². The first-order valence-corrected chi connectivity index (χ1v) is 8.01. The van der Waals surface area contributed by atoms with E-state index < -0.39 is 11.9 Å². The third-order valence-electron chi connectivity index (χ3n) is 4.22. The Bertz CT molecular complexity index is 941. The topological polar surface area (TPSA) is 88.3 Å². The molecule has 1 unspecified atom stereocenters. The van der Waals surface area contributed by atoms with Crippen LogP contribution in [0.1, 0.15) is 18.4 Å². The molecule has 0 bridgehead atoms. The minimum absolute atomic E-state index is 0.172. The minimum atomic E-state index is -0.477. The van der Waals surface area contributed by atoms with Crippen LogP contribution >= 0.6 is 0 Å². The van der Waals surface area contributed by atoms with E-state index in [2.05, 4.69) is 25.9 Å². The van der Waals surface area contributed by atoms with E-state index in [1.54, 1.807) is 24.3 Å². The van der Waals surface area contributed by atoms with Gasteiger partial charge in [0.25, 0.3) is 0 Å². The van der Waals surface area contributed by atoms with Crippen LogP contribution in [0.15, 0.2) is 30.3 Å². The predicted octanol–water partition coefficient (Wildman–Crippen LogP) is 1.57. The monoisotopic (exact) mass is 341 g/mol. The quantitative estimate of drug-likeness (QED) is 0.778. The molecule has 1 aliphatic heterocycles. The zero-order valence-electron chi connectivity index (χ0n) is 13.6. The number of hydrogen-bond acceptors (Lipinski definition) is 6. The number of rotatable bonds is 3. The van der Waals surface area contributed by atoms with E-state index in [0.717, 1.165) is 12.0 Å². The lowest BCUT2D eigenvalue weighted by Crippen LogP contribution is -2.48. The van der Waals surface area contributed by atoms with Crippen LogP contribution in [-0.4, -0.2) is 43.7 Å². The van der Waals surface area contributed by atoms with Crippen LogP contribution in [0.4, 0.5) is 15.9 Å². The molecule has 2 aromatic heterocycles. The molecule has 25 heavy (non-hydrogen) atoms. The maximum absolute atomic E-state index is 14.2. The number of amides is 1. The van der Waals surface area contributed by atoms with Gasteiger partial charge in [-0.1, -0.05) is 6.07 Å². The van der Waals surface area contributed by atoms with Crippen molar-refractivity contribution in [3.8, 4) is 0 Å². The van der Waals surface area contributed by atoms with Gasteiger partial charge in [0.05, 0.1) is 5.69 Å². The number of halogens is 1. The van der Waals surface area contributed by atoms with Crippen LogP contribution in [0.2, 0.25) is 0 Å². The van der Waals surface area contributed by atoms with Gasteiger partial charge in [0.15, 0.2) is 5.65 Å². The average Bonchev–Trinajstić information content (AvgIpc) is 3.07. The summed E-state index contributed by atoms with van der Waals surface area (Å²) in [4.78, 5) is 14.3. The Morgan fingerprint density at radius 2 is 2.16 bits per heavy atom. The van der Waals surface area contributed by atoms with Crippen molar-refractivity contribution in [3.63, 3.8) is 0 Å². The second-order valence-electron chi connectivity index (χ2n) is 6.03. The maximum Gasteiger partial charge on any atom is 0.249 e. The van der Waals surface area contributed by atoms with Gasteiger partial charge in [0.2, 0.25) is 5.91 Å². The fourth-order valence-electron chi connectivity index (χ4n) is 2.98. The molecule has 0 saturated carbocycles. The van der Waals surface area contributed by atoms with E-state index >= 15 is 0 Å². The largest absolute Gasteiger partial charge is 0.357 e. The Balaban J connectivity index is 1.58. The number of carbonyl (C=O) groups is 1. The van der Waals surface area contributed by atoms with Crippen molar-refractivity contribution in [3.05, 3.63) is 41.7 Å². The van der Waals surface area contributed by atoms with Crippen molar-refractivity contribution in [2.45, 2.75) is 25.8 Å². The lowest BCUT2D eigenvalue weighted by molar-refractivity contribution is -0.120. The molecule has 128 valence electrons. The third kappa shape index (κ3) is 2.88. The van der Waals surface area contributed by atoms with Crippen LogP contribution in [-0.2, 0) is 4.79 Å². The van der Waals surface area contributed by atoms with Crippen molar-refractivity contribution < 1.29 is 9.18 Å². The molecule has 3 aromatic rings. The number of aryl methyl sites for hydroxylation is 1. The fourth-order valence-corrected chi connectivity index (χ4v) is 2.98. The number of benzene rings is 1. The Kier molecular flexibility index (Phi) is 3.75. The van der Waals surface area contributed by atoms with Gasteiger partial charge in [-0.25, -0.2) is 4.39 Å². The number of nitrogens with zero attached hydrogens (tertiary/aromatic N) is 6. The van der Waals surface area contributed by atoms with E-state index in [1.165, 1.54) is 15.6 Å². The highest BCUT2D eigenvalue weighted by atomic mass is 19.1. The van der Waals surface area contributed by atoms with Gasteiger partial charge in [-0.3, -0.25) is 4.79 Å². The maximum atomic E-state index is 14.2. The van der Waals surface area contributed by atoms with E-state index in [0.29, 0.717) is 30.1 Å². The lowest BCUT2D eigenvalue weighted by Gasteiger charge is -2.33. The van der Waals surface area contributed by atoms with Gasteiger partial charge in [0, 0.05) is 6.54 Å². The highest BCUT2D eigenvalue weighted by molar-refractivity contribution is 5.99. The highest BCUT2D eigenvalue weighted by Gasteiger charge is 2.31. The number of nitrogens with one attached hydrogen (secondary N) is 1. The normalized spacial score (nSPS) is 17.9. The van der Waals surface area contributed by atoms with E-state index in [1.807, 2.05) is 6.92 Å². The molecular weight excluding hydrogens is 325 g/mol. The van der Waals surface area contributed by atoms with Crippen LogP contribution in [0.5, 0.6) is 0 Å². The minimum Gasteiger partial charge on any atom is -0.357 e. The van der Waals surface area contributed by atoms with Crippen molar-refractivity contribution in [1.82, 2.24) is 25.3 Å². The SMILES string of the molecule is Cc1ccc(F)c(N2CCCC(Nc3ccc4nnnn4n3)C2=O)c1. The molecule has 1 aromatic carbocycles. The number of tetrazole rings is 1. The molecule has 3 heterocycles. The second-order valence-corrected chi connectivity index (χ2v) is 6.03. The van der Waals surface area contributed by atoms with E-state index in [9.17, 15) is 9.18 Å². The van der Waals surface area contributed by atoms with Crippen LogP contribution < -0.4 is 10.2 Å². The van der Waals surface area contributed by atoms with E-state index in [-0.39, 0.29) is 5.91 Å². The Morgan fingerprint density at radius 1 is 1.28 bits per heavy atom. The fraction of sp³-hybridized carbons (Fsp3) is 0.312.